The SMILES string of the molecule is O=C(c1cc([N+](=O)[O-])ccc1Oc1ccccc1)N1CCCN(S(=O)(=O)c2ccc(F)cc2)CC1. The van der Waals surface area contributed by atoms with Crippen LogP contribution < -0.4 is 4.74 Å². The summed E-state index contributed by atoms with van der Waals surface area (Å²) in [6, 6.07) is 17.1. The van der Waals surface area contributed by atoms with E-state index < -0.39 is 26.7 Å². The zero-order chi connectivity index (χ0) is 25.0. The minimum atomic E-state index is -3.87. The number of hydrogen-bond donors (Lipinski definition) is 0. The van der Waals surface area contributed by atoms with Crippen LogP contribution in [0.25, 0.3) is 0 Å². The van der Waals surface area contributed by atoms with Gasteiger partial charge >= 0.3 is 0 Å². The molecule has 0 spiro atoms. The largest absolute Gasteiger partial charge is 0.457 e. The van der Waals surface area contributed by atoms with Crippen molar-refractivity contribution in [1.29, 1.82) is 0 Å². The Morgan fingerprint density at radius 3 is 2.34 bits per heavy atom. The van der Waals surface area contributed by atoms with Crippen LogP contribution >= 0.6 is 0 Å². The molecule has 1 heterocycles. The highest BCUT2D eigenvalue weighted by molar-refractivity contribution is 7.89. The molecule has 0 aliphatic carbocycles. The average Bonchev–Trinajstić information content (AvgIpc) is 3.12. The molecule has 4 rings (SSSR count). The molecule has 3 aromatic rings. The lowest BCUT2D eigenvalue weighted by atomic mass is 10.1. The molecule has 0 radical (unpaired) electrons. The van der Waals surface area contributed by atoms with Gasteiger partial charge in [0.05, 0.1) is 15.4 Å². The number of carbonyl (C=O) groups is 1. The Bertz CT molecular complexity index is 1330. The van der Waals surface area contributed by atoms with E-state index in [1.54, 1.807) is 30.3 Å². The van der Waals surface area contributed by atoms with Gasteiger partial charge in [0.15, 0.2) is 0 Å². The lowest BCUT2D eigenvalue weighted by Gasteiger charge is -2.23. The Morgan fingerprint density at radius 2 is 1.66 bits per heavy atom. The van der Waals surface area contributed by atoms with Gasteiger partial charge in [-0.2, -0.15) is 4.31 Å². The third-order valence-corrected chi connectivity index (χ3v) is 7.48. The predicted octanol–water partition coefficient (Wildman–Crippen LogP) is 4.06. The molecule has 1 fully saturated rings. The molecule has 3 aromatic carbocycles. The maximum Gasteiger partial charge on any atom is 0.270 e. The highest BCUT2D eigenvalue weighted by Gasteiger charge is 2.30. The number of nitro groups is 1. The van der Waals surface area contributed by atoms with E-state index in [0.29, 0.717) is 12.2 Å². The van der Waals surface area contributed by atoms with Gasteiger partial charge in [-0.25, -0.2) is 12.8 Å². The highest BCUT2D eigenvalue weighted by atomic mass is 32.2. The lowest BCUT2D eigenvalue weighted by molar-refractivity contribution is -0.384. The molecule has 11 heteroatoms. The van der Waals surface area contributed by atoms with Crippen molar-refractivity contribution < 1.29 is 27.3 Å². The molecular formula is C24H22FN3O6S. The first-order valence-electron chi connectivity index (χ1n) is 10.8. The Morgan fingerprint density at radius 1 is 0.943 bits per heavy atom. The second-order valence-electron chi connectivity index (χ2n) is 7.86. The first-order valence-corrected chi connectivity index (χ1v) is 12.3. The number of nitrogens with zero attached hydrogens (tertiary/aromatic N) is 3. The summed E-state index contributed by atoms with van der Waals surface area (Å²) in [6.45, 7) is 0.523. The summed E-state index contributed by atoms with van der Waals surface area (Å²) in [7, 11) is -3.87. The van der Waals surface area contributed by atoms with E-state index >= 15 is 0 Å². The van der Waals surface area contributed by atoms with Crippen LogP contribution in [0.15, 0.2) is 77.7 Å². The summed E-state index contributed by atoms with van der Waals surface area (Å²) in [5.74, 6) is -0.419. The number of carbonyl (C=O) groups excluding carboxylic acids is 1. The normalized spacial score (nSPS) is 14.8. The summed E-state index contributed by atoms with van der Waals surface area (Å²) in [4.78, 5) is 25.6. The van der Waals surface area contributed by atoms with Crippen LogP contribution in [0.4, 0.5) is 10.1 Å². The molecule has 0 aromatic heterocycles. The number of nitro benzene ring substituents is 1. The zero-order valence-electron chi connectivity index (χ0n) is 18.5. The number of benzene rings is 3. The summed E-state index contributed by atoms with van der Waals surface area (Å²) in [5, 5.41) is 11.3. The topological polar surface area (TPSA) is 110 Å². The molecule has 0 N–H and O–H groups in total. The van der Waals surface area contributed by atoms with Crippen LogP contribution in [-0.4, -0.2) is 54.6 Å². The van der Waals surface area contributed by atoms with Crippen LogP contribution in [0.5, 0.6) is 11.5 Å². The molecule has 1 amide bonds. The number of sulfonamides is 1. The molecule has 35 heavy (non-hydrogen) atoms. The maximum absolute atomic E-state index is 13.4. The second-order valence-corrected chi connectivity index (χ2v) is 9.79. The smallest absolute Gasteiger partial charge is 0.270 e. The summed E-state index contributed by atoms with van der Waals surface area (Å²) in [6.07, 6.45) is 0.357. The number of para-hydroxylation sites is 1. The maximum atomic E-state index is 13.4. The summed E-state index contributed by atoms with van der Waals surface area (Å²) in [5.41, 5.74) is -0.248. The van der Waals surface area contributed by atoms with Crippen LogP contribution in [0, 0.1) is 15.9 Å². The van der Waals surface area contributed by atoms with Crippen LogP contribution in [0.1, 0.15) is 16.8 Å². The van der Waals surface area contributed by atoms with E-state index in [9.17, 15) is 27.7 Å². The van der Waals surface area contributed by atoms with Gasteiger partial charge in [-0.3, -0.25) is 14.9 Å². The number of halogens is 1. The Balaban J connectivity index is 1.57. The lowest BCUT2D eigenvalue weighted by Crippen LogP contribution is -2.37. The third-order valence-electron chi connectivity index (χ3n) is 5.57. The number of rotatable bonds is 6. The van der Waals surface area contributed by atoms with Crippen LogP contribution in [0.2, 0.25) is 0 Å². The number of amides is 1. The Hall–Kier alpha value is -3.83. The van der Waals surface area contributed by atoms with Gasteiger partial charge in [-0.1, -0.05) is 18.2 Å². The van der Waals surface area contributed by atoms with Crippen LogP contribution in [-0.2, 0) is 10.0 Å². The van der Waals surface area contributed by atoms with Gasteiger partial charge in [-0.05, 0) is 48.9 Å². The Labute approximate surface area is 201 Å². The molecular weight excluding hydrogens is 477 g/mol. The fraction of sp³-hybridized carbons (Fsp3) is 0.208. The number of ether oxygens (including phenoxy) is 1. The van der Waals surface area contributed by atoms with Crippen molar-refractivity contribution in [2.45, 2.75) is 11.3 Å². The summed E-state index contributed by atoms with van der Waals surface area (Å²) < 4.78 is 46.3. The number of hydrogen-bond acceptors (Lipinski definition) is 6. The van der Waals surface area contributed by atoms with Crippen molar-refractivity contribution in [3.05, 3.63) is 94.3 Å². The second kappa shape index (κ2) is 10.2. The van der Waals surface area contributed by atoms with Gasteiger partial charge in [0, 0.05) is 38.3 Å². The molecule has 1 aliphatic heterocycles. The minimum absolute atomic E-state index is 0.0119. The first kappa shape index (κ1) is 24.3. The van der Waals surface area contributed by atoms with Crippen molar-refractivity contribution in [2.24, 2.45) is 0 Å². The van der Waals surface area contributed by atoms with Crippen molar-refractivity contribution in [1.82, 2.24) is 9.21 Å². The fourth-order valence-electron chi connectivity index (χ4n) is 3.77. The molecule has 0 atom stereocenters. The van der Waals surface area contributed by atoms with E-state index in [2.05, 4.69) is 0 Å². The van der Waals surface area contributed by atoms with Crippen molar-refractivity contribution in [3.8, 4) is 11.5 Å². The molecule has 182 valence electrons. The standard InChI is InChI=1S/C24H22FN3O6S/c25-18-7-10-21(11-8-18)35(32,33)27-14-4-13-26(15-16-27)24(29)22-17-19(28(30)31)9-12-23(22)34-20-5-2-1-3-6-20/h1-3,5-12,17H,4,13-16H2. The quantitative estimate of drug-likeness (QED) is 0.374. The van der Waals surface area contributed by atoms with E-state index in [0.717, 1.165) is 12.1 Å². The third kappa shape index (κ3) is 5.47. The Kier molecular flexibility index (Phi) is 7.08. The predicted molar refractivity (Wildman–Crippen MR) is 125 cm³/mol. The van der Waals surface area contributed by atoms with Gasteiger partial charge in [0.25, 0.3) is 11.6 Å². The first-order chi connectivity index (χ1) is 16.8. The average molecular weight is 500 g/mol. The minimum Gasteiger partial charge on any atom is -0.457 e. The van der Waals surface area contributed by atoms with Crippen molar-refractivity contribution in [3.63, 3.8) is 0 Å². The van der Waals surface area contributed by atoms with E-state index in [1.165, 1.54) is 39.5 Å². The fourth-order valence-corrected chi connectivity index (χ4v) is 5.24. The van der Waals surface area contributed by atoms with Gasteiger partial charge in [-0.15, -0.1) is 0 Å². The zero-order valence-corrected chi connectivity index (χ0v) is 19.4. The van der Waals surface area contributed by atoms with Gasteiger partial charge in [0.1, 0.15) is 17.3 Å². The van der Waals surface area contributed by atoms with Gasteiger partial charge in [0.2, 0.25) is 10.0 Å². The van der Waals surface area contributed by atoms with Crippen molar-refractivity contribution in [2.75, 3.05) is 26.2 Å². The van der Waals surface area contributed by atoms with E-state index in [-0.39, 0.29) is 48.1 Å². The monoisotopic (exact) mass is 499 g/mol. The number of non-ortho nitro benzene ring substituents is 1. The molecule has 9 nitrogen and oxygen atoms in total. The molecule has 1 aliphatic rings. The molecule has 0 bridgehead atoms. The van der Waals surface area contributed by atoms with Crippen LogP contribution in [0.3, 0.4) is 0 Å². The molecule has 0 saturated carbocycles. The van der Waals surface area contributed by atoms with E-state index in [1.807, 2.05) is 0 Å². The molecule has 0 unspecified atom stereocenters. The highest BCUT2D eigenvalue weighted by Crippen LogP contribution is 2.30. The summed E-state index contributed by atoms with van der Waals surface area (Å²) >= 11 is 0. The van der Waals surface area contributed by atoms with Gasteiger partial charge < -0.3 is 9.64 Å². The van der Waals surface area contributed by atoms with E-state index in [4.69, 9.17) is 4.74 Å². The van der Waals surface area contributed by atoms with Crippen molar-refractivity contribution >= 4 is 21.6 Å². The molecule has 1 saturated heterocycles.